The van der Waals surface area contributed by atoms with Gasteiger partial charge in [-0.15, -0.1) is 0 Å². The second kappa shape index (κ2) is 13.1. The van der Waals surface area contributed by atoms with Crippen molar-refractivity contribution in [3.8, 4) is 0 Å². The summed E-state index contributed by atoms with van der Waals surface area (Å²) < 4.78 is 5.51. The zero-order valence-corrected chi connectivity index (χ0v) is 21.1. The van der Waals surface area contributed by atoms with Gasteiger partial charge in [-0.25, -0.2) is 4.79 Å². The predicted molar refractivity (Wildman–Crippen MR) is 137 cm³/mol. The van der Waals surface area contributed by atoms with Crippen LogP contribution >= 0.6 is 24.0 Å². The van der Waals surface area contributed by atoms with Crippen molar-refractivity contribution in [3.05, 3.63) is 34.7 Å². The smallest absolute Gasteiger partial charge is 0.408 e. The van der Waals surface area contributed by atoms with Gasteiger partial charge in [0.15, 0.2) is 0 Å². The third-order valence-electron chi connectivity index (χ3n) is 4.48. The van der Waals surface area contributed by atoms with E-state index in [1.807, 2.05) is 24.3 Å². The molecular formula is C23H30N4O5S2. The van der Waals surface area contributed by atoms with Crippen molar-refractivity contribution in [2.24, 2.45) is 0 Å². The molecule has 0 saturated carbocycles. The molecule has 1 aliphatic heterocycles. The Balaban J connectivity index is 1.66. The summed E-state index contributed by atoms with van der Waals surface area (Å²) in [5, 5.41) is 7.73. The van der Waals surface area contributed by atoms with Gasteiger partial charge < -0.3 is 25.6 Å². The van der Waals surface area contributed by atoms with Gasteiger partial charge in [0.2, 0.25) is 12.3 Å². The Hall–Kier alpha value is -2.92. The monoisotopic (exact) mass is 506 g/mol. The van der Waals surface area contributed by atoms with Crippen LogP contribution in [-0.4, -0.2) is 53.9 Å². The number of rotatable bonds is 11. The number of thiocarbonyl (C=S) groups is 1. The van der Waals surface area contributed by atoms with E-state index < -0.39 is 11.7 Å². The minimum atomic E-state index is -0.631. The van der Waals surface area contributed by atoms with E-state index in [1.54, 1.807) is 31.7 Å². The number of hydrogen-bond acceptors (Lipinski definition) is 7. The Morgan fingerprint density at radius 2 is 1.85 bits per heavy atom. The van der Waals surface area contributed by atoms with Gasteiger partial charge >= 0.3 is 6.09 Å². The molecule has 1 fully saturated rings. The lowest BCUT2D eigenvalue weighted by Gasteiger charge is -2.19. The Labute approximate surface area is 209 Å². The minimum absolute atomic E-state index is 0.142. The van der Waals surface area contributed by atoms with Crippen molar-refractivity contribution in [3.63, 3.8) is 0 Å². The van der Waals surface area contributed by atoms with Gasteiger partial charge in [-0.3, -0.25) is 14.4 Å². The number of anilines is 1. The van der Waals surface area contributed by atoms with Crippen LogP contribution in [0.4, 0.5) is 10.5 Å². The molecule has 1 saturated heterocycles. The van der Waals surface area contributed by atoms with Gasteiger partial charge in [0, 0.05) is 18.8 Å². The molecule has 1 aliphatic rings. The maximum absolute atomic E-state index is 11.8. The first-order chi connectivity index (χ1) is 16.1. The van der Waals surface area contributed by atoms with Crippen molar-refractivity contribution in [2.75, 3.05) is 24.5 Å². The molecular weight excluding hydrogens is 476 g/mol. The molecule has 0 bridgehead atoms. The van der Waals surface area contributed by atoms with Crippen LogP contribution in [0.15, 0.2) is 29.2 Å². The molecule has 34 heavy (non-hydrogen) atoms. The first kappa shape index (κ1) is 27.3. The third kappa shape index (κ3) is 9.92. The fourth-order valence-corrected chi connectivity index (χ4v) is 3.96. The average Bonchev–Trinajstić information content (AvgIpc) is 3.08. The topological polar surface area (TPSA) is 117 Å². The van der Waals surface area contributed by atoms with E-state index >= 15 is 0 Å². The zero-order chi connectivity index (χ0) is 25.1. The summed E-state index contributed by atoms with van der Waals surface area (Å²) in [6.07, 6.45) is 4.25. The van der Waals surface area contributed by atoms with Crippen LogP contribution in [0.25, 0.3) is 6.08 Å². The van der Waals surface area contributed by atoms with E-state index in [2.05, 4.69) is 16.0 Å². The molecule has 11 heteroatoms. The Morgan fingerprint density at radius 1 is 1.15 bits per heavy atom. The van der Waals surface area contributed by atoms with Gasteiger partial charge in [0.1, 0.15) is 9.92 Å². The molecule has 2 rings (SSSR count). The number of amides is 4. The number of benzene rings is 1. The van der Waals surface area contributed by atoms with Crippen LogP contribution in [0.3, 0.4) is 0 Å². The van der Waals surface area contributed by atoms with Crippen molar-refractivity contribution in [2.45, 2.75) is 45.6 Å². The molecule has 0 unspecified atom stereocenters. The molecule has 0 radical (unpaired) electrons. The Kier molecular flexibility index (Phi) is 10.5. The van der Waals surface area contributed by atoms with Crippen LogP contribution < -0.4 is 20.9 Å². The van der Waals surface area contributed by atoms with Crippen molar-refractivity contribution >= 4 is 64.4 Å². The molecule has 1 aromatic rings. The van der Waals surface area contributed by atoms with E-state index in [0.717, 1.165) is 36.9 Å². The molecule has 0 atom stereocenters. The minimum Gasteiger partial charge on any atom is -0.444 e. The van der Waals surface area contributed by atoms with Gasteiger partial charge in [0.05, 0.1) is 11.4 Å². The number of unbranched alkanes of at least 4 members (excludes halogenated alkanes) is 2. The molecule has 0 aromatic heterocycles. The largest absolute Gasteiger partial charge is 0.444 e. The number of carbonyl (C=O) groups is 4. The summed E-state index contributed by atoms with van der Waals surface area (Å²) in [5.74, 6) is -0.491. The van der Waals surface area contributed by atoms with E-state index in [0.29, 0.717) is 22.3 Å². The molecule has 3 N–H and O–H groups in total. The summed E-state index contributed by atoms with van der Waals surface area (Å²) in [5.41, 5.74) is 0.989. The fraction of sp³-hybridized carbons (Fsp3) is 0.435. The standard InChI is InChI=1S/C23H30N4O5S2/c1-23(2,3)32-21(31)25-14-19(29)24-11-5-4-6-12-27(15-28)17-9-7-16(8-10-17)13-18-20(30)26-22(33)34-18/h7-10,13,15H,4-6,11-12,14H2,1-3H3,(H,24,29)(H,25,31)(H,26,30,33). The van der Waals surface area contributed by atoms with Gasteiger partial charge in [-0.2, -0.15) is 0 Å². The lowest BCUT2D eigenvalue weighted by atomic mass is 10.1. The van der Waals surface area contributed by atoms with E-state index in [9.17, 15) is 19.2 Å². The second-order valence-electron chi connectivity index (χ2n) is 8.51. The van der Waals surface area contributed by atoms with Crippen molar-refractivity contribution in [1.29, 1.82) is 0 Å². The summed E-state index contributed by atoms with van der Waals surface area (Å²) in [4.78, 5) is 48.8. The number of nitrogens with one attached hydrogen (secondary N) is 3. The van der Waals surface area contributed by atoms with Gasteiger partial charge in [0.25, 0.3) is 5.91 Å². The maximum Gasteiger partial charge on any atom is 0.408 e. The van der Waals surface area contributed by atoms with Gasteiger partial charge in [-0.1, -0.05) is 36.1 Å². The zero-order valence-electron chi connectivity index (χ0n) is 19.5. The molecule has 4 amide bonds. The summed E-state index contributed by atoms with van der Waals surface area (Å²) in [6.45, 7) is 6.13. The van der Waals surface area contributed by atoms with Crippen molar-refractivity contribution in [1.82, 2.24) is 16.0 Å². The second-order valence-corrected chi connectivity index (χ2v) is 10.2. The quantitative estimate of drug-likeness (QED) is 0.183. The predicted octanol–water partition coefficient (Wildman–Crippen LogP) is 2.95. The lowest BCUT2D eigenvalue weighted by Crippen LogP contribution is -2.39. The molecule has 184 valence electrons. The third-order valence-corrected chi connectivity index (χ3v) is 5.64. The number of nitrogens with zero attached hydrogens (tertiary/aromatic N) is 1. The molecule has 1 aromatic carbocycles. The van der Waals surface area contributed by atoms with Crippen molar-refractivity contribution < 1.29 is 23.9 Å². The number of thioether (sulfide) groups is 1. The highest BCUT2D eigenvalue weighted by molar-refractivity contribution is 8.26. The van der Waals surface area contributed by atoms with Crippen LogP contribution in [0.1, 0.15) is 45.6 Å². The van der Waals surface area contributed by atoms with Gasteiger partial charge in [-0.05, 0) is 63.8 Å². The molecule has 1 heterocycles. The number of carbonyl (C=O) groups excluding carboxylic acids is 4. The number of hydrogen-bond donors (Lipinski definition) is 3. The summed E-state index contributed by atoms with van der Waals surface area (Å²) >= 11 is 6.20. The first-order valence-electron chi connectivity index (χ1n) is 10.9. The Bertz CT molecular complexity index is 942. The van der Waals surface area contributed by atoms with Crippen LogP contribution in [-0.2, 0) is 19.1 Å². The average molecular weight is 507 g/mol. The molecule has 0 spiro atoms. The number of alkyl carbamates (subject to hydrolysis) is 1. The Morgan fingerprint density at radius 3 is 2.44 bits per heavy atom. The maximum atomic E-state index is 11.8. The normalized spacial score (nSPS) is 14.5. The fourth-order valence-electron chi connectivity index (χ4n) is 2.92. The van der Waals surface area contributed by atoms with Crippen LogP contribution in [0, 0.1) is 0 Å². The lowest BCUT2D eigenvalue weighted by molar-refractivity contribution is -0.120. The van der Waals surface area contributed by atoms with Crippen LogP contribution in [0.5, 0.6) is 0 Å². The molecule has 9 nitrogen and oxygen atoms in total. The first-order valence-corrected chi connectivity index (χ1v) is 12.1. The summed E-state index contributed by atoms with van der Waals surface area (Å²) in [7, 11) is 0. The van der Waals surface area contributed by atoms with Crippen LogP contribution in [0.2, 0.25) is 0 Å². The van der Waals surface area contributed by atoms with E-state index in [4.69, 9.17) is 17.0 Å². The highest BCUT2D eigenvalue weighted by Gasteiger charge is 2.22. The number of ether oxygens (including phenoxy) is 1. The SMILES string of the molecule is CC(C)(C)OC(=O)NCC(=O)NCCCCCN(C=O)c1ccc(C=C2SC(=S)NC2=O)cc1. The highest BCUT2D eigenvalue weighted by Crippen LogP contribution is 2.26. The van der Waals surface area contributed by atoms with E-state index in [1.165, 1.54) is 11.8 Å². The van der Waals surface area contributed by atoms with E-state index in [-0.39, 0.29) is 18.4 Å². The summed E-state index contributed by atoms with van der Waals surface area (Å²) in [6, 6.07) is 7.34. The molecule has 0 aliphatic carbocycles. The highest BCUT2D eigenvalue weighted by atomic mass is 32.2.